The lowest BCUT2D eigenvalue weighted by Gasteiger charge is -2.14. The van der Waals surface area contributed by atoms with Gasteiger partial charge in [0.25, 0.3) is 0 Å². The van der Waals surface area contributed by atoms with E-state index in [1.54, 1.807) is 19.1 Å². The van der Waals surface area contributed by atoms with Gasteiger partial charge >= 0.3 is 0 Å². The minimum absolute atomic E-state index is 0.0710. The van der Waals surface area contributed by atoms with Crippen LogP contribution >= 0.6 is 11.6 Å². The lowest BCUT2D eigenvalue weighted by atomic mass is 10.0. The average Bonchev–Trinajstić information content (AvgIpc) is 2.92. The SMILES string of the molecule is CC(C)c1ccc(Cl)c(S(=O)(=O)NC(C)c2ncn[nH]2)c1. The van der Waals surface area contributed by atoms with E-state index in [2.05, 4.69) is 19.9 Å². The van der Waals surface area contributed by atoms with Crippen molar-refractivity contribution in [1.29, 1.82) is 0 Å². The molecule has 0 aliphatic rings. The summed E-state index contributed by atoms with van der Waals surface area (Å²) in [6.07, 6.45) is 1.33. The van der Waals surface area contributed by atoms with Gasteiger partial charge in [-0.05, 0) is 30.5 Å². The first-order chi connectivity index (χ1) is 9.81. The van der Waals surface area contributed by atoms with Crippen LogP contribution < -0.4 is 4.72 Å². The molecule has 8 heteroatoms. The first-order valence-corrected chi connectivity index (χ1v) is 8.34. The first-order valence-electron chi connectivity index (χ1n) is 6.48. The molecular weight excluding hydrogens is 312 g/mol. The summed E-state index contributed by atoms with van der Waals surface area (Å²) in [6.45, 7) is 5.66. The highest BCUT2D eigenvalue weighted by molar-refractivity contribution is 7.89. The zero-order chi connectivity index (χ0) is 15.6. The van der Waals surface area contributed by atoms with Gasteiger partial charge in [-0.1, -0.05) is 31.5 Å². The second-order valence-electron chi connectivity index (χ2n) is 5.06. The fourth-order valence-corrected chi connectivity index (χ4v) is 3.60. The summed E-state index contributed by atoms with van der Waals surface area (Å²) in [5.41, 5.74) is 0.909. The Morgan fingerprint density at radius 3 is 2.57 bits per heavy atom. The maximum Gasteiger partial charge on any atom is 0.242 e. The Morgan fingerprint density at radius 1 is 1.29 bits per heavy atom. The summed E-state index contributed by atoms with van der Waals surface area (Å²) in [5, 5.41) is 6.53. The minimum atomic E-state index is -3.74. The maximum absolute atomic E-state index is 12.5. The third-order valence-corrected chi connectivity index (χ3v) is 5.11. The molecule has 21 heavy (non-hydrogen) atoms. The molecule has 0 spiro atoms. The zero-order valence-corrected chi connectivity index (χ0v) is 13.5. The number of hydrogen-bond acceptors (Lipinski definition) is 4. The average molecular weight is 329 g/mol. The van der Waals surface area contributed by atoms with Gasteiger partial charge in [0.15, 0.2) is 0 Å². The molecule has 0 aliphatic carbocycles. The van der Waals surface area contributed by atoms with E-state index in [1.807, 2.05) is 19.9 Å². The van der Waals surface area contributed by atoms with Crippen LogP contribution in [0.25, 0.3) is 0 Å². The van der Waals surface area contributed by atoms with Crippen molar-refractivity contribution in [2.24, 2.45) is 0 Å². The van der Waals surface area contributed by atoms with E-state index in [-0.39, 0.29) is 15.8 Å². The minimum Gasteiger partial charge on any atom is -0.262 e. The standard InChI is InChI=1S/C13H17ClN4O2S/c1-8(2)10-4-5-11(14)12(6-10)21(19,20)18-9(3)13-15-7-16-17-13/h4-9,18H,1-3H3,(H,15,16,17). The van der Waals surface area contributed by atoms with Gasteiger partial charge in [-0.2, -0.15) is 5.10 Å². The molecule has 114 valence electrons. The Balaban J connectivity index is 2.33. The Kier molecular flexibility index (Phi) is 4.65. The van der Waals surface area contributed by atoms with Gasteiger partial charge in [0.1, 0.15) is 17.0 Å². The van der Waals surface area contributed by atoms with Crippen LogP contribution in [0.2, 0.25) is 5.02 Å². The van der Waals surface area contributed by atoms with Crippen LogP contribution in [0.1, 0.15) is 44.1 Å². The first kappa shape index (κ1) is 15.9. The topological polar surface area (TPSA) is 87.7 Å². The molecule has 6 nitrogen and oxygen atoms in total. The number of benzene rings is 1. The van der Waals surface area contributed by atoms with Crippen LogP contribution in [0.4, 0.5) is 0 Å². The highest BCUT2D eigenvalue weighted by Gasteiger charge is 2.23. The molecule has 0 saturated heterocycles. The van der Waals surface area contributed by atoms with Gasteiger partial charge in [-0.25, -0.2) is 18.1 Å². The second-order valence-corrected chi connectivity index (χ2v) is 7.15. The number of H-pyrrole nitrogens is 1. The van der Waals surface area contributed by atoms with E-state index in [0.717, 1.165) is 5.56 Å². The molecule has 1 aromatic carbocycles. The molecule has 0 amide bonds. The Morgan fingerprint density at radius 2 is 2.00 bits per heavy atom. The van der Waals surface area contributed by atoms with E-state index < -0.39 is 16.1 Å². The van der Waals surface area contributed by atoms with E-state index in [1.165, 1.54) is 6.33 Å². The third-order valence-electron chi connectivity index (χ3n) is 3.09. The predicted molar refractivity (Wildman–Crippen MR) is 80.7 cm³/mol. The molecule has 0 bridgehead atoms. The normalized spacial score (nSPS) is 13.6. The highest BCUT2D eigenvalue weighted by atomic mass is 35.5. The number of hydrogen-bond donors (Lipinski definition) is 2. The molecule has 1 atom stereocenters. The lowest BCUT2D eigenvalue weighted by molar-refractivity contribution is 0.560. The summed E-state index contributed by atoms with van der Waals surface area (Å²) < 4.78 is 27.5. The van der Waals surface area contributed by atoms with Crippen molar-refractivity contribution < 1.29 is 8.42 Å². The molecule has 1 aromatic heterocycles. The van der Waals surface area contributed by atoms with Gasteiger partial charge in [-0.3, -0.25) is 5.10 Å². The van der Waals surface area contributed by atoms with Crippen LogP contribution in [0, 0.1) is 0 Å². The number of nitrogens with zero attached hydrogens (tertiary/aromatic N) is 2. The van der Waals surface area contributed by atoms with Crippen molar-refractivity contribution in [2.75, 3.05) is 0 Å². The number of rotatable bonds is 5. The van der Waals surface area contributed by atoms with Crippen LogP contribution in [-0.4, -0.2) is 23.6 Å². The summed E-state index contributed by atoms with van der Waals surface area (Å²) in [4.78, 5) is 4.01. The molecular formula is C13H17ClN4O2S. The molecule has 0 radical (unpaired) electrons. The fourth-order valence-electron chi connectivity index (χ4n) is 1.86. The largest absolute Gasteiger partial charge is 0.262 e. The Bertz CT molecular complexity index is 714. The van der Waals surface area contributed by atoms with Gasteiger partial charge in [0, 0.05) is 0 Å². The van der Waals surface area contributed by atoms with Gasteiger partial charge < -0.3 is 0 Å². The number of nitrogens with one attached hydrogen (secondary N) is 2. The molecule has 2 N–H and O–H groups in total. The van der Waals surface area contributed by atoms with E-state index >= 15 is 0 Å². The highest BCUT2D eigenvalue weighted by Crippen LogP contribution is 2.27. The Hall–Kier alpha value is -1.44. The number of aromatic amines is 1. The molecule has 0 saturated carbocycles. The van der Waals surface area contributed by atoms with Crippen LogP contribution in [0.5, 0.6) is 0 Å². The smallest absolute Gasteiger partial charge is 0.242 e. The number of halogens is 1. The Labute approximate surface area is 129 Å². The van der Waals surface area contributed by atoms with Gasteiger partial charge in [0.05, 0.1) is 11.1 Å². The summed E-state index contributed by atoms with van der Waals surface area (Å²) >= 11 is 6.04. The lowest BCUT2D eigenvalue weighted by Crippen LogP contribution is -2.28. The summed E-state index contributed by atoms with van der Waals surface area (Å²) in [6, 6.07) is 4.50. The van der Waals surface area contributed by atoms with Crippen molar-refractivity contribution in [3.8, 4) is 0 Å². The maximum atomic E-state index is 12.5. The quantitative estimate of drug-likeness (QED) is 0.883. The van der Waals surface area contributed by atoms with Crippen molar-refractivity contribution >= 4 is 21.6 Å². The monoisotopic (exact) mass is 328 g/mol. The molecule has 0 aliphatic heterocycles. The van der Waals surface area contributed by atoms with Crippen molar-refractivity contribution in [3.63, 3.8) is 0 Å². The zero-order valence-electron chi connectivity index (χ0n) is 12.0. The van der Waals surface area contributed by atoms with Crippen molar-refractivity contribution in [3.05, 3.63) is 40.9 Å². The van der Waals surface area contributed by atoms with Gasteiger partial charge in [0.2, 0.25) is 10.0 Å². The van der Waals surface area contributed by atoms with E-state index in [9.17, 15) is 8.42 Å². The second kappa shape index (κ2) is 6.13. The molecule has 0 fully saturated rings. The van der Waals surface area contributed by atoms with Crippen LogP contribution in [0.15, 0.2) is 29.4 Å². The van der Waals surface area contributed by atoms with Crippen molar-refractivity contribution in [1.82, 2.24) is 19.9 Å². The molecule has 2 aromatic rings. The molecule has 1 heterocycles. The summed E-state index contributed by atoms with van der Waals surface area (Å²) in [7, 11) is -3.74. The fraction of sp³-hybridized carbons (Fsp3) is 0.385. The molecule has 2 rings (SSSR count). The van der Waals surface area contributed by atoms with Crippen LogP contribution in [-0.2, 0) is 10.0 Å². The third kappa shape index (κ3) is 3.61. The van der Waals surface area contributed by atoms with E-state index in [0.29, 0.717) is 5.82 Å². The number of aromatic nitrogens is 3. The summed E-state index contributed by atoms with van der Waals surface area (Å²) in [5.74, 6) is 0.651. The van der Waals surface area contributed by atoms with Crippen molar-refractivity contribution in [2.45, 2.75) is 37.6 Å². The van der Waals surface area contributed by atoms with Gasteiger partial charge in [-0.15, -0.1) is 0 Å². The predicted octanol–water partition coefficient (Wildman–Crippen LogP) is 2.62. The van der Waals surface area contributed by atoms with Crippen LogP contribution in [0.3, 0.4) is 0 Å². The van der Waals surface area contributed by atoms with E-state index in [4.69, 9.17) is 11.6 Å². The number of sulfonamides is 1. The molecule has 1 unspecified atom stereocenters.